The molecule has 2 aromatic carbocycles. The van der Waals surface area contributed by atoms with Crippen LogP contribution in [-0.2, 0) is 6.42 Å². The lowest BCUT2D eigenvalue weighted by molar-refractivity contribution is 0.0929. The van der Waals surface area contributed by atoms with E-state index in [1.807, 2.05) is 24.3 Å². The highest BCUT2D eigenvalue weighted by molar-refractivity contribution is 5.98. The van der Waals surface area contributed by atoms with E-state index in [2.05, 4.69) is 5.32 Å². The first kappa shape index (κ1) is 13.5. The number of nitrogens with one attached hydrogen (secondary N) is 1. The molecule has 21 heavy (non-hydrogen) atoms. The summed E-state index contributed by atoms with van der Waals surface area (Å²) in [5.41, 5.74) is 8.25. The van der Waals surface area contributed by atoms with Gasteiger partial charge in [-0.15, -0.1) is 0 Å². The quantitative estimate of drug-likeness (QED) is 0.628. The predicted molar refractivity (Wildman–Crippen MR) is 78.1 cm³/mol. The van der Waals surface area contributed by atoms with Crippen molar-refractivity contribution in [2.45, 2.75) is 18.5 Å². The van der Waals surface area contributed by atoms with E-state index < -0.39 is 11.7 Å². The first-order valence-electron chi connectivity index (χ1n) is 6.73. The number of carbonyl (C=O) groups is 1. The van der Waals surface area contributed by atoms with Gasteiger partial charge in [-0.3, -0.25) is 4.79 Å². The SMILES string of the molecule is NC1Cc2ccccc2C1NC(=O)c1cccc(O)c1O. The molecule has 2 atom stereocenters. The number of aromatic hydroxyl groups is 2. The molecule has 108 valence electrons. The Hall–Kier alpha value is -2.53. The Bertz CT molecular complexity index is 700. The van der Waals surface area contributed by atoms with Crippen molar-refractivity contribution in [1.82, 2.24) is 5.32 Å². The summed E-state index contributed by atoms with van der Waals surface area (Å²) < 4.78 is 0. The van der Waals surface area contributed by atoms with Gasteiger partial charge in [-0.1, -0.05) is 30.3 Å². The number of rotatable bonds is 2. The minimum absolute atomic E-state index is 0.0339. The Balaban J connectivity index is 1.87. The Kier molecular flexibility index (Phi) is 3.27. The molecular formula is C16H16N2O3. The summed E-state index contributed by atoms with van der Waals surface area (Å²) >= 11 is 0. The van der Waals surface area contributed by atoms with Gasteiger partial charge in [-0.05, 0) is 29.7 Å². The number of hydrogen-bond acceptors (Lipinski definition) is 4. The van der Waals surface area contributed by atoms with Gasteiger partial charge in [0.1, 0.15) is 0 Å². The molecule has 1 aliphatic rings. The van der Waals surface area contributed by atoms with Gasteiger partial charge in [0.25, 0.3) is 5.91 Å². The van der Waals surface area contributed by atoms with E-state index in [1.54, 1.807) is 0 Å². The number of nitrogens with two attached hydrogens (primary N) is 1. The molecule has 2 unspecified atom stereocenters. The number of fused-ring (bicyclic) bond motifs is 1. The Morgan fingerprint density at radius 2 is 1.90 bits per heavy atom. The van der Waals surface area contributed by atoms with Crippen LogP contribution in [0.3, 0.4) is 0 Å². The topological polar surface area (TPSA) is 95.6 Å². The highest BCUT2D eigenvalue weighted by atomic mass is 16.3. The molecule has 0 saturated carbocycles. The Morgan fingerprint density at radius 1 is 1.14 bits per heavy atom. The molecule has 0 fully saturated rings. The van der Waals surface area contributed by atoms with Crippen molar-refractivity contribution in [3.63, 3.8) is 0 Å². The molecule has 1 amide bonds. The summed E-state index contributed by atoms with van der Waals surface area (Å²) in [6, 6.07) is 11.6. The third kappa shape index (κ3) is 2.32. The zero-order valence-electron chi connectivity index (χ0n) is 11.3. The van der Waals surface area contributed by atoms with Gasteiger partial charge in [-0.2, -0.15) is 0 Å². The molecule has 0 spiro atoms. The van der Waals surface area contributed by atoms with Crippen molar-refractivity contribution in [2.24, 2.45) is 5.73 Å². The van der Waals surface area contributed by atoms with Crippen molar-refractivity contribution in [1.29, 1.82) is 0 Å². The molecule has 0 aliphatic heterocycles. The van der Waals surface area contributed by atoms with Crippen LogP contribution in [0.15, 0.2) is 42.5 Å². The summed E-state index contributed by atoms with van der Waals surface area (Å²) in [7, 11) is 0. The maximum Gasteiger partial charge on any atom is 0.255 e. The molecule has 0 heterocycles. The smallest absolute Gasteiger partial charge is 0.255 e. The molecule has 0 aromatic heterocycles. The van der Waals surface area contributed by atoms with E-state index in [0.717, 1.165) is 11.1 Å². The van der Waals surface area contributed by atoms with E-state index in [-0.39, 0.29) is 23.4 Å². The highest BCUT2D eigenvalue weighted by Gasteiger charge is 2.31. The van der Waals surface area contributed by atoms with Gasteiger partial charge in [0.2, 0.25) is 0 Å². The van der Waals surface area contributed by atoms with Crippen LogP contribution in [0.4, 0.5) is 0 Å². The van der Waals surface area contributed by atoms with Crippen molar-refractivity contribution < 1.29 is 15.0 Å². The lowest BCUT2D eigenvalue weighted by atomic mass is 10.1. The van der Waals surface area contributed by atoms with Crippen LogP contribution in [0.5, 0.6) is 11.5 Å². The lowest BCUT2D eigenvalue weighted by Gasteiger charge is -2.19. The van der Waals surface area contributed by atoms with Crippen molar-refractivity contribution >= 4 is 5.91 Å². The van der Waals surface area contributed by atoms with E-state index >= 15 is 0 Å². The third-order valence-corrected chi connectivity index (χ3v) is 3.82. The molecular weight excluding hydrogens is 268 g/mol. The zero-order chi connectivity index (χ0) is 15.0. The first-order valence-corrected chi connectivity index (χ1v) is 6.73. The highest BCUT2D eigenvalue weighted by Crippen LogP contribution is 2.32. The molecule has 0 saturated heterocycles. The van der Waals surface area contributed by atoms with E-state index in [0.29, 0.717) is 6.42 Å². The number of carbonyl (C=O) groups excluding carboxylic acids is 1. The summed E-state index contributed by atoms with van der Waals surface area (Å²) in [5.74, 6) is -1.20. The van der Waals surface area contributed by atoms with Crippen LogP contribution in [0.25, 0.3) is 0 Å². The van der Waals surface area contributed by atoms with E-state index in [4.69, 9.17) is 5.73 Å². The summed E-state index contributed by atoms with van der Waals surface area (Å²) in [6.07, 6.45) is 0.702. The largest absolute Gasteiger partial charge is 0.504 e. The lowest BCUT2D eigenvalue weighted by Crippen LogP contribution is -2.38. The van der Waals surface area contributed by atoms with Crippen molar-refractivity contribution in [3.8, 4) is 11.5 Å². The number of para-hydroxylation sites is 1. The number of hydrogen-bond donors (Lipinski definition) is 4. The van der Waals surface area contributed by atoms with Crippen molar-refractivity contribution in [2.75, 3.05) is 0 Å². The third-order valence-electron chi connectivity index (χ3n) is 3.82. The molecule has 1 aliphatic carbocycles. The van der Waals surface area contributed by atoms with Gasteiger partial charge in [0, 0.05) is 6.04 Å². The van der Waals surface area contributed by atoms with Crippen LogP contribution in [-0.4, -0.2) is 22.2 Å². The van der Waals surface area contributed by atoms with Gasteiger partial charge in [0.05, 0.1) is 11.6 Å². The van der Waals surface area contributed by atoms with Crippen LogP contribution in [0.2, 0.25) is 0 Å². The maximum atomic E-state index is 12.3. The van der Waals surface area contributed by atoms with Gasteiger partial charge < -0.3 is 21.3 Å². The first-order chi connectivity index (χ1) is 10.1. The summed E-state index contributed by atoms with van der Waals surface area (Å²) in [6.45, 7) is 0. The molecule has 2 aromatic rings. The second kappa shape index (κ2) is 5.10. The summed E-state index contributed by atoms with van der Waals surface area (Å²) in [4.78, 5) is 12.3. The average Bonchev–Trinajstić information content (AvgIpc) is 2.78. The fraction of sp³-hybridized carbons (Fsp3) is 0.188. The van der Waals surface area contributed by atoms with Gasteiger partial charge in [0.15, 0.2) is 11.5 Å². The fourth-order valence-electron chi connectivity index (χ4n) is 2.74. The van der Waals surface area contributed by atoms with E-state index in [1.165, 1.54) is 18.2 Å². The Labute approximate surface area is 122 Å². The maximum absolute atomic E-state index is 12.3. The number of benzene rings is 2. The standard InChI is InChI=1S/C16H16N2O3/c17-12-8-9-4-1-2-5-10(9)14(12)18-16(21)11-6-3-7-13(19)15(11)20/h1-7,12,14,19-20H,8,17H2,(H,18,21). The minimum Gasteiger partial charge on any atom is -0.504 e. The second-order valence-corrected chi connectivity index (χ2v) is 5.19. The van der Waals surface area contributed by atoms with Gasteiger partial charge in [-0.25, -0.2) is 0 Å². The second-order valence-electron chi connectivity index (χ2n) is 5.19. The van der Waals surface area contributed by atoms with Crippen LogP contribution in [0, 0.1) is 0 Å². The summed E-state index contributed by atoms with van der Waals surface area (Å²) in [5, 5.41) is 22.1. The van der Waals surface area contributed by atoms with Crippen molar-refractivity contribution in [3.05, 3.63) is 59.2 Å². The molecule has 5 heteroatoms. The minimum atomic E-state index is -0.458. The van der Waals surface area contributed by atoms with Crippen LogP contribution < -0.4 is 11.1 Å². The van der Waals surface area contributed by atoms with Gasteiger partial charge >= 0.3 is 0 Å². The average molecular weight is 284 g/mol. The number of amides is 1. The monoisotopic (exact) mass is 284 g/mol. The zero-order valence-corrected chi connectivity index (χ0v) is 11.3. The fourth-order valence-corrected chi connectivity index (χ4v) is 2.74. The Morgan fingerprint density at radius 3 is 2.71 bits per heavy atom. The molecule has 5 nitrogen and oxygen atoms in total. The molecule has 0 bridgehead atoms. The number of phenolic OH excluding ortho intramolecular Hbond substituents is 2. The molecule has 3 rings (SSSR count). The molecule has 0 radical (unpaired) electrons. The normalized spacial score (nSPS) is 20.0. The molecule has 5 N–H and O–H groups in total. The predicted octanol–water partition coefficient (Wildman–Crippen LogP) is 1.45. The van der Waals surface area contributed by atoms with E-state index in [9.17, 15) is 15.0 Å². The van der Waals surface area contributed by atoms with Crippen LogP contribution >= 0.6 is 0 Å². The van der Waals surface area contributed by atoms with Crippen LogP contribution in [0.1, 0.15) is 27.5 Å². The number of phenols is 2.